The predicted molar refractivity (Wildman–Crippen MR) is 89.5 cm³/mol. The molecule has 0 bridgehead atoms. The molecule has 1 aromatic carbocycles. The number of unbranched alkanes of at least 4 members (excludes halogenated alkanes) is 2. The topological polar surface area (TPSA) is 38.8 Å². The number of methoxy groups -OCH3 is 1. The Bertz CT molecular complexity index is 440. The normalized spacial score (nSPS) is 11.8. The number of hydrogen-bond donors (Lipinski definition) is 0. The molecule has 0 saturated carbocycles. The van der Waals surface area contributed by atoms with Crippen molar-refractivity contribution >= 4 is 5.91 Å². The first-order valence-electron chi connectivity index (χ1n) is 8.21. The number of hydrogen-bond acceptors (Lipinski definition) is 3. The van der Waals surface area contributed by atoms with Crippen LogP contribution in [0.2, 0.25) is 0 Å². The number of carbonyl (C=O) groups is 1. The van der Waals surface area contributed by atoms with E-state index in [1.807, 2.05) is 30.0 Å². The van der Waals surface area contributed by atoms with Gasteiger partial charge < -0.3 is 14.4 Å². The Labute approximate surface area is 134 Å². The van der Waals surface area contributed by atoms with Crippen molar-refractivity contribution in [2.24, 2.45) is 0 Å². The van der Waals surface area contributed by atoms with Crippen LogP contribution in [-0.2, 0) is 4.79 Å². The van der Waals surface area contributed by atoms with Gasteiger partial charge in [0.2, 0.25) is 0 Å². The van der Waals surface area contributed by atoms with Crippen LogP contribution in [0.15, 0.2) is 24.3 Å². The summed E-state index contributed by atoms with van der Waals surface area (Å²) in [6, 6.07) is 7.35. The molecule has 22 heavy (non-hydrogen) atoms. The Hall–Kier alpha value is -1.71. The lowest BCUT2D eigenvalue weighted by molar-refractivity contribution is -0.138. The third-order valence-corrected chi connectivity index (χ3v) is 3.58. The summed E-state index contributed by atoms with van der Waals surface area (Å²) in [6.45, 7) is 7.70. The van der Waals surface area contributed by atoms with Crippen LogP contribution in [0.5, 0.6) is 11.5 Å². The van der Waals surface area contributed by atoms with Crippen molar-refractivity contribution in [1.29, 1.82) is 0 Å². The molecule has 0 radical (unpaired) electrons. The van der Waals surface area contributed by atoms with Crippen LogP contribution >= 0.6 is 0 Å². The van der Waals surface area contributed by atoms with E-state index in [4.69, 9.17) is 9.47 Å². The van der Waals surface area contributed by atoms with Gasteiger partial charge in [0.15, 0.2) is 6.10 Å². The number of carbonyl (C=O) groups excluding carboxylic acids is 1. The molecule has 1 rings (SSSR count). The third-order valence-electron chi connectivity index (χ3n) is 3.58. The minimum absolute atomic E-state index is 0.0599. The SMILES string of the molecule is CCCCN(CCCC)C(=O)C(C)Oc1cccc(OC)c1. The van der Waals surface area contributed by atoms with E-state index in [2.05, 4.69) is 13.8 Å². The lowest BCUT2D eigenvalue weighted by Gasteiger charge is -2.26. The molecule has 0 aliphatic carbocycles. The fourth-order valence-electron chi connectivity index (χ4n) is 2.22. The molecule has 0 fully saturated rings. The van der Waals surface area contributed by atoms with Gasteiger partial charge in [-0.15, -0.1) is 0 Å². The van der Waals surface area contributed by atoms with Gasteiger partial charge in [-0.2, -0.15) is 0 Å². The minimum atomic E-state index is -0.485. The van der Waals surface area contributed by atoms with E-state index in [1.54, 1.807) is 13.2 Å². The van der Waals surface area contributed by atoms with Gasteiger partial charge in [0.05, 0.1) is 7.11 Å². The van der Waals surface area contributed by atoms with E-state index in [1.165, 1.54) is 0 Å². The predicted octanol–water partition coefficient (Wildman–Crippen LogP) is 3.89. The molecule has 0 aromatic heterocycles. The highest BCUT2D eigenvalue weighted by molar-refractivity contribution is 5.80. The Morgan fingerprint density at radius 1 is 1.14 bits per heavy atom. The highest BCUT2D eigenvalue weighted by Gasteiger charge is 2.21. The monoisotopic (exact) mass is 307 g/mol. The maximum absolute atomic E-state index is 12.6. The van der Waals surface area contributed by atoms with Crippen LogP contribution in [0.1, 0.15) is 46.5 Å². The van der Waals surface area contributed by atoms with Crippen LogP contribution in [0, 0.1) is 0 Å². The molecule has 0 saturated heterocycles. The molecule has 1 atom stereocenters. The van der Waals surface area contributed by atoms with E-state index in [9.17, 15) is 4.79 Å². The van der Waals surface area contributed by atoms with Crippen molar-refractivity contribution in [3.05, 3.63) is 24.3 Å². The highest BCUT2D eigenvalue weighted by Crippen LogP contribution is 2.20. The van der Waals surface area contributed by atoms with E-state index < -0.39 is 6.10 Å². The van der Waals surface area contributed by atoms with Crippen molar-refractivity contribution in [3.63, 3.8) is 0 Å². The lowest BCUT2D eigenvalue weighted by atomic mass is 10.2. The van der Waals surface area contributed by atoms with Crippen molar-refractivity contribution in [1.82, 2.24) is 4.90 Å². The van der Waals surface area contributed by atoms with Crippen LogP contribution in [0.4, 0.5) is 0 Å². The molecule has 1 amide bonds. The number of rotatable bonds is 10. The van der Waals surface area contributed by atoms with Crippen molar-refractivity contribution in [3.8, 4) is 11.5 Å². The maximum atomic E-state index is 12.6. The van der Waals surface area contributed by atoms with Gasteiger partial charge in [0, 0.05) is 19.2 Å². The van der Waals surface area contributed by atoms with Crippen LogP contribution in [-0.4, -0.2) is 37.1 Å². The van der Waals surface area contributed by atoms with Gasteiger partial charge in [0.1, 0.15) is 11.5 Å². The van der Waals surface area contributed by atoms with Gasteiger partial charge in [0.25, 0.3) is 5.91 Å². The molecule has 4 heteroatoms. The Balaban J connectivity index is 2.66. The van der Waals surface area contributed by atoms with Crippen LogP contribution in [0.25, 0.3) is 0 Å². The highest BCUT2D eigenvalue weighted by atomic mass is 16.5. The summed E-state index contributed by atoms with van der Waals surface area (Å²) in [5.41, 5.74) is 0. The molecule has 0 aliphatic rings. The summed E-state index contributed by atoms with van der Waals surface area (Å²) in [5, 5.41) is 0. The summed E-state index contributed by atoms with van der Waals surface area (Å²) in [5.74, 6) is 1.45. The number of benzene rings is 1. The van der Waals surface area contributed by atoms with Crippen LogP contribution < -0.4 is 9.47 Å². The summed E-state index contributed by atoms with van der Waals surface area (Å²) < 4.78 is 11.0. The van der Waals surface area contributed by atoms with Crippen molar-refractivity contribution < 1.29 is 14.3 Å². The molecular formula is C18H29NO3. The first-order valence-corrected chi connectivity index (χ1v) is 8.21. The average molecular weight is 307 g/mol. The zero-order valence-corrected chi connectivity index (χ0v) is 14.3. The van der Waals surface area contributed by atoms with Gasteiger partial charge >= 0.3 is 0 Å². The summed E-state index contributed by atoms with van der Waals surface area (Å²) in [4.78, 5) is 14.5. The smallest absolute Gasteiger partial charge is 0.263 e. The largest absolute Gasteiger partial charge is 0.497 e. The molecular weight excluding hydrogens is 278 g/mol. The lowest BCUT2D eigenvalue weighted by Crippen LogP contribution is -2.41. The first kappa shape index (κ1) is 18.3. The van der Waals surface area contributed by atoms with E-state index in [0.717, 1.165) is 44.5 Å². The summed E-state index contributed by atoms with van der Waals surface area (Å²) >= 11 is 0. The van der Waals surface area contributed by atoms with Gasteiger partial charge in [-0.1, -0.05) is 32.8 Å². The second-order valence-corrected chi connectivity index (χ2v) is 5.47. The molecule has 0 aliphatic heterocycles. The van der Waals surface area contributed by atoms with Gasteiger partial charge in [-0.05, 0) is 31.9 Å². The maximum Gasteiger partial charge on any atom is 0.263 e. The quantitative estimate of drug-likeness (QED) is 0.658. The number of ether oxygens (including phenoxy) is 2. The van der Waals surface area contributed by atoms with Crippen molar-refractivity contribution in [2.75, 3.05) is 20.2 Å². The molecule has 4 nitrogen and oxygen atoms in total. The van der Waals surface area contributed by atoms with Gasteiger partial charge in [-0.25, -0.2) is 0 Å². The fourth-order valence-corrected chi connectivity index (χ4v) is 2.22. The van der Waals surface area contributed by atoms with E-state index in [-0.39, 0.29) is 5.91 Å². The number of nitrogens with zero attached hydrogens (tertiary/aromatic N) is 1. The Morgan fingerprint density at radius 2 is 1.73 bits per heavy atom. The molecule has 0 N–H and O–H groups in total. The molecule has 124 valence electrons. The Kier molecular flexibility index (Phi) is 8.41. The zero-order valence-electron chi connectivity index (χ0n) is 14.3. The Morgan fingerprint density at radius 3 is 2.27 bits per heavy atom. The third kappa shape index (κ3) is 5.96. The summed E-state index contributed by atoms with van der Waals surface area (Å²) in [7, 11) is 1.62. The second-order valence-electron chi connectivity index (χ2n) is 5.47. The average Bonchev–Trinajstić information content (AvgIpc) is 2.54. The first-order chi connectivity index (χ1) is 10.6. The fraction of sp³-hybridized carbons (Fsp3) is 0.611. The van der Waals surface area contributed by atoms with Crippen LogP contribution in [0.3, 0.4) is 0 Å². The number of amides is 1. The van der Waals surface area contributed by atoms with E-state index >= 15 is 0 Å². The van der Waals surface area contributed by atoms with Crippen molar-refractivity contribution in [2.45, 2.75) is 52.6 Å². The summed E-state index contributed by atoms with van der Waals surface area (Å²) in [6.07, 6.45) is 3.74. The van der Waals surface area contributed by atoms with Gasteiger partial charge in [-0.3, -0.25) is 4.79 Å². The minimum Gasteiger partial charge on any atom is -0.497 e. The second kappa shape index (κ2) is 10.1. The molecule has 1 unspecified atom stereocenters. The zero-order chi connectivity index (χ0) is 16.4. The molecule has 0 spiro atoms. The molecule has 1 aromatic rings. The standard InChI is InChI=1S/C18H29NO3/c1-5-7-12-19(13-8-6-2)18(20)15(3)22-17-11-9-10-16(14-17)21-4/h9-11,14-15H,5-8,12-13H2,1-4H3. The van der Waals surface area contributed by atoms with E-state index in [0.29, 0.717) is 5.75 Å². The molecule has 0 heterocycles.